The Morgan fingerprint density at radius 2 is 2.53 bits per heavy atom. The largest absolute Gasteiger partial charge is 0.316 e. The number of piperidine rings is 1. The van der Waals surface area contributed by atoms with Gasteiger partial charge in [0, 0.05) is 19.0 Å². The molecule has 0 amide bonds. The van der Waals surface area contributed by atoms with Crippen LogP contribution in [0.15, 0.2) is 6.20 Å². The molecule has 4 nitrogen and oxygen atoms in total. The minimum atomic E-state index is 0.0496. The van der Waals surface area contributed by atoms with E-state index in [1.54, 1.807) is 10.9 Å². The average molecular weight is 256 g/mol. The van der Waals surface area contributed by atoms with E-state index in [-0.39, 0.29) is 11.7 Å². The second-order valence-corrected chi connectivity index (χ2v) is 4.88. The maximum absolute atomic E-state index is 12.4. The summed E-state index contributed by atoms with van der Waals surface area (Å²) in [5, 5.41) is 7.90. The van der Waals surface area contributed by atoms with Gasteiger partial charge in [0.25, 0.3) is 0 Å². The van der Waals surface area contributed by atoms with E-state index in [4.69, 9.17) is 11.6 Å². The lowest BCUT2D eigenvalue weighted by Gasteiger charge is -2.21. The summed E-state index contributed by atoms with van der Waals surface area (Å²) in [6.45, 7) is 4.57. The van der Waals surface area contributed by atoms with Crippen molar-refractivity contribution in [2.75, 3.05) is 13.1 Å². The van der Waals surface area contributed by atoms with Crippen LogP contribution in [-0.4, -0.2) is 28.7 Å². The van der Waals surface area contributed by atoms with E-state index in [1.165, 1.54) is 0 Å². The van der Waals surface area contributed by atoms with Crippen molar-refractivity contribution < 1.29 is 4.79 Å². The zero-order chi connectivity index (χ0) is 12.3. The fraction of sp³-hybridized carbons (Fsp3) is 0.667. The number of ketones is 1. The maximum Gasteiger partial charge on any atom is 0.186 e. The van der Waals surface area contributed by atoms with Crippen molar-refractivity contribution >= 4 is 17.4 Å². The molecule has 2 rings (SSSR count). The van der Waals surface area contributed by atoms with Crippen LogP contribution in [-0.2, 0) is 6.54 Å². The molecule has 1 aliphatic rings. The summed E-state index contributed by atoms with van der Waals surface area (Å²) < 4.78 is 1.74. The minimum Gasteiger partial charge on any atom is -0.316 e. The third-order valence-electron chi connectivity index (χ3n) is 3.13. The van der Waals surface area contributed by atoms with Crippen LogP contribution in [0, 0.1) is 5.92 Å². The number of hydrogen-bond acceptors (Lipinski definition) is 3. The predicted molar refractivity (Wildman–Crippen MR) is 67.5 cm³/mol. The number of hydrogen-bond donors (Lipinski definition) is 1. The van der Waals surface area contributed by atoms with Crippen molar-refractivity contribution in [2.24, 2.45) is 5.92 Å². The van der Waals surface area contributed by atoms with E-state index in [0.717, 1.165) is 38.9 Å². The molecule has 1 unspecified atom stereocenters. The number of aromatic nitrogens is 2. The molecule has 1 atom stereocenters. The predicted octanol–water partition coefficient (Wildman–Crippen LogP) is 2.13. The number of aryl methyl sites for hydroxylation is 1. The van der Waals surface area contributed by atoms with E-state index in [9.17, 15) is 4.79 Å². The lowest BCUT2D eigenvalue weighted by atomic mass is 9.93. The minimum absolute atomic E-state index is 0.0496. The van der Waals surface area contributed by atoms with E-state index >= 15 is 0 Å². The summed E-state index contributed by atoms with van der Waals surface area (Å²) >= 11 is 6.07. The summed E-state index contributed by atoms with van der Waals surface area (Å²) in [4.78, 5) is 12.4. The number of carbonyl (C=O) groups is 1. The maximum atomic E-state index is 12.4. The van der Waals surface area contributed by atoms with Crippen molar-refractivity contribution in [1.82, 2.24) is 15.1 Å². The molecule has 0 bridgehead atoms. The van der Waals surface area contributed by atoms with Gasteiger partial charge in [-0.3, -0.25) is 9.48 Å². The summed E-state index contributed by atoms with van der Waals surface area (Å²) in [7, 11) is 0. The summed E-state index contributed by atoms with van der Waals surface area (Å²) in [6, 6.07) is 0. The van der Waals surface area contributed by atoms with Gasteiger partial charge in [-0.25, -0.2) is 0 Å². The standard InChI is InChI=1S/C12H18ClN3O/c1-2-6-16-11(10(13)8-15-16)12(17)9-4-3-5-14-7-9/h8-9,14H,2-7H2,1H3. The van der Waals surface area contributed by atoms with Crippen molar-refractivity contribution in [3.8, 4) is 0 Å². The highest BCUT2D eigenvalue weighted by atomic mass is 35.5. The molecule has 17 heavy (non-hydrogen) atoms. The molecule has 0 spiro atoms. The molecule has 1 aromatic rings. The highest BCUT2D eigenvalue weighted by Gasteiger charge is 2.26. The number of halogens is 1. The Labute approximate surface area is 106 Å². The van der Waals surface area contributed by atoms with Crippen molar-refractivity contribution in [2.45, 2.75) is 32.7 Å². The quantitative estimate of drug-likeness (QED) is 0.839. The van der Waals surface area contributed by atoms with Gasteiger partial charge < -0.3 is 5.32 Å². The van der Waals surface area contributed by atoms with E-state index in [0.29, 0.717) is 10.7 Å². The molecule has 2 heterocycles. The first-order valence-corrected chi connectivity index (χ1v) is 6.58. The molecule has 1 aliphatic heterocycles. The SMILES string of the molecule is CCCn1ncc(Cl)c1C(=O)C1CCCNC1. The molecular weight excluding hydrogens is 238 g/mol. The van der Waals surface area contributed by atoms with Crippen molar-refractivity contribution in [1.29, 1.82) is 0 Å². The third kappa shape index (κ3) is 2.69. The first kappa shape index (κ1) is 12.6. The van der Waals surface area contributed by atoms with Gasteiger partial charge in [-0.15, -0.1) is 0 Å². The zero-order valence-corrected chi connectivity index (χ0v) is 10.8. The lowest BCUT2D eigenvalue weighted by Crippen LogP contribution is -2.35. The molecule has 0 aliphatic carbocycles. The number of nitrogens with zero attached hydrogens (tertiary/aromatic N) is 2. The molecule has 94 valence electrons. The lowest BCUT2D eigenvalue weighted by molar-refractivity contribution is 0.0888. The fourth-order valence-electron chi connectivity index (χ4n) is 2.26. The second kappa shape index (κ2) is 5.65. The number of rotatable bonds is 4. The van der Waals surface area contributed by atoms with Gasteiger partial charge in [0.15, 0.2) is 5.78 Å². The summed E-state index contributed by atoms with van der Waals surface area (Å²) in [6.07, 6.45) is 4.51. The molecule has 0 aromatic carbocycles. The van der Waals surface area contributed by atoms with Gasteiger partial charge in [0.05, 0.1) is 11.2 Å². The Morgan fingerprint density at radius 1 is 1.71 bits per heavy atom. The van der Waals surface area contributed by atoms with Crippen LogP contribution in [0.1, 0.15) is 36.7 Å². The Morgan fingerprint density at radius 3 is 3.18 bits per heavy atom. The molecule has 5 heteroatoms. The van der Waals surface area contributed by atoms with Crippen LogP contribution in [0.5, 0.6) is 0 Å². The van der Waals surface area contributed by atoms with Crippen LogP contribution in [0.2, 0.25) is 5.02 Å². The zero-order valence-electron chi connectivity index (χ0n) is 10.1. The fourth-order valence-corrected chi connectivity index (χ4v) is 2.49. The monoisotopic (exact) mass is 255 g/mol. The first-order valence-electron chi connectivity index (χ1n) is 6.20. The molecule has 1 aromatic heterocycles. The number of Topliss-reactive ketones (excluding diaryl/α,β-unsaturated/α-hetero) is 1. The van der Waals surface area contributed by atoms with Gasteiger partial charge in [-0.05, 0) is 25.8 Å². The topological polar surface area (TPSA) is 46.9 Å². The van der Waals surface area contributed by atoms with Gasteiger partial charge in [-0.1, -0.05) is 18.5 Å². The van der Waals surface area contributed by atoms with E-state index in [2.05, 4.69) is 17.3 Å². The van der Waals surface area contributed by atoms with Crippen molar-refractivity contribution in [3.63, 3.8) is 0 Å². The van der Waals surface area contributed by atoms with Gasteiger partial charge in [0.1, 0.15) is 5.69 Å². The van der Waals surface area contributed by atoms with Crippen LogP contribution < -0.4 is 5.32 Å². The van der Waals surface area contributed by atoms with Crippen LogP contribution in [0.4, 0.5) is 0 Å². The molecular formula is C12H18ClN3O. The number of carbonyl (C=O) groups excluding carboxylic acids is 1. The Balaban J connectivity index is 2.19. The Hall–Kier alpha value is -0.870. The second-order valence-electron chi connectivity index (χ2n) is 4.47. The summed E-state index contributed by atoms with van der Waals surface area (Å²) in [5.74, 6) is 0.182. The molecule has 0 radical (unpaired) electrons. The van der Waals surface area contributed by atoms with E-state index in [1.807, 2.05) is 0 Å². The number of nitrogens with one attached hydrogen (secondary N) is 1. The molecule has 1 N–H and O–H groups in total. The van der Waals surface area contributed by atoms with Gasteiger partial charge in [-0.2, -0.15) is 5.10 Å². The smallest absolute Gasteiger partial charge is 0.186 e. The Kier molecular flexibility index (Phi) is 4.18. The van der Waals surface area contributed by atoms with E-state index < -0.39 is 0 Å². The van der Waals surface area contributed by atoms with Crippen LogP contribution in [0.3, 0.4) is 0 Å². The summed E-state index contributed by atoms with van der Waals surface area (Å²) in [5.41, 5.74) is 0.585. The van der Waals surface area contributed by atoms with Crippen LogP contribution >= 0.6 is 11.6 Å². The highest BCUT2D eigenvalue weighted by Crippen LogP contribution is 2.22. The Bertz CT molecular complexity index is 396. The average Bonchev–Trinajstić information content (AvgIpc) is 2.71. The van der Waals surface area contributed by atoms with Gasteiger partial charge in [0.2, 0.25) is 0 Å². The third-order valence-corrected chi connectivity index (χ3v) is 3.41. The van der Waals surface area contributed by atoms with Crippen LogP contribution in [0.25, 0.3) is 0 Å². The van der Waals surface area contributed by atoms with Gasteiger partial charge >= 0.3 is 0 Å². The molecule has 1 fully saturated rings. The highest BCUT2D eigenvalue weighted by molar-refractivity contribution is 6.33. The normalized spacial score (nSPS) is 20.5. The molecule has 1 saturated heterocycles. The molecule has 0 saturated carbocycles. The first-order chi connectivity index (χ1) is 8.24. The van der Waals surface area contributed by atoms with Crippen molar-refractivity contribution in [3.05, 3.63) is 16.9 Å².